The fourth-order valence-electron chi connectivity index (χ4n) is 2.74. The molecule has 3 rings (SSSR count). The molecule has 10 nitrogen and oxygen atoms in total. The first kappa shape index (κ1) is 20.0. The van der Waals surface area contributed by atoms with Crippen LogP contribution in [0, 0.1) is 5.82 Å². The van der Waals surface area contributed by atoms with Gasteiger partial charge in [0.2, 0.25) is 5.82 Å². The second kappa shape index (κ2) is 8.53. The van der Waals surface area contributed by atoms with E-state index in [9.17, 15) is 23.3 Å². The Morgan fingerprint density at radius 1 is 1.36 bits per heavy atom. The topological polar surface area (TPSA) is 137 Å². The van der Waals surface area contributed by atoms with Crippen LogP contribution >= 0.6 is 8.25 Å². The number of hydrogen-bond acceptors (Lipinski definition) is 7. The van der Waals surface area contributed by atoms with Crippen LogP contribution in [0.2, 0.25) is 0 Å². The van der Waals surface area contributed by atoms with Crippen LogP contribution in [0.3, 0.4) is 0 Å². The highest BCUT2D eigenvalue weighted by atomic mass is 31.1. The molecule has 1 aliphatic heterocycles. The summed E-state index contributed by atoms with van der Waals surface area (Å²) in [7, 11) is -2.93. The highest BCUT2D eigenvalue weighted by Crippen LogP contribution is 2.32. The number of halogens is 1. The van der Waals surface area contributed by atoms with E-state index < -0.39 is 56.3 Å². The van der Waals surface area contributed by atoms with Crippen molar-refractivity contribution in [1.82, 2.24) is 9.55 Å². The Morgan fingerprint density at radius 3 is 2.75 bits per heavy atom. The number of nitrogens with zero attached hydrogens (tertiary/aromatic N) is 1. The lowest BCUT2D eigenvalue weighted by Crippen LogP contribution is -2.34. The third kappa shape index (κ3) is 4.57. The zero-order chi connectivity index (χ0) is 20.3. The van der Waals surface area contributed by atoms with Crippen LogP contribution in [-0.4, -0.2) is 39.2 Å². The molecule has 148 valence electrons. The quantitative estimate of drug-likeness (QED) is 0.526. The van der Waals surface area contributed by atoms with E-state index in [2.05, 4.69) is 4.52 Å². The van der Waals surface area contributed by atoms with Gasteiger partial charge in [-0.2, -0.15) is 4.39 Å². The molecule has 12 heteroatoms. The molecule has 0 radical (unpaired) electrons. The molecule has 28 heavy (non-hydrogen) atoms. The van der Waals surface area contributed by atoms with Gasteiger partial charge in [0.1, 0.15) is 25.0 Å². The molecule has 1 aromatic carbocycles. The molecule has 1 fully saturated rings. The highest BCUT2D eigenvalue weighted by molar-refractivity contribution is 7.32. The van der Waals surface area contributed by atoms with Gasteiger partial charge in [-0.15, -0.1) is 9.42 Å². The van der Waals surface area contributed by atoms with E-state index >= 15 is 0 Å². The van der Waals surface area contributed by atoms with Crippen LogP contribution in [-0.2, 0) is 18.6 Å². The molecule has 0 saturated carbocycles. The number of carbonyl (C=O) groups is 1. The fraction of sp³-hybridized carbons (Fsp3) is 0.312. The lowest BCUT2D eigenvalue weighted by atomic mass is 10.1. The lowest BCUT2D eigenvalue weighted by molar-refractivity contribution is -0.0481. The SMILES string of the molecule is O=C(O[C@H]1C[C@H](n2cc(F)c(=O)[nH]c2=O)O[C@@H]1CO[P+](=O)O)c1ccccc1. The first-order valence-electron chi connectivity index (χ1n) is 8.06. The van der Waals surface area contributed by atoms with Crippen molar-refractivity contribution in [3.8, 4) is 0 Å². The predicted molar refractivity (Wildman–Crippen MR) is 91.2 cm³/mol. The monoisotopic (exact) mass is 413 g/mol. The number of carbonyl (C=O) groups excluding carboxylic acids is 1. The Labute approximate surface area is 157 Å². The smallest absolute Gasteiger partial charge is 0.456 e. The predicted octanol–water partition coefficient (Wildman–Crippen LogP) is 0.855. The van der Waals surface area contributed by atoms with Crippen LogP contribution in [0.1, 0.15) is 23.0 Å². The van der Waals surface area contributed by atoms with Crippen molar-refractivity contribution in [2.45, 2.75) is 24.9 Å². The number of esters is 1. The summed E-state index contributed by atoms with van der Waals surface area (Å²) < 4.78 is 40.7. The van der Waals surface area contributed by atoms with E-state index in [-0.39, 0.29) is 12.0 Å². The third-order valence-electron chi connectivity index (χ3n) is 4.03. The van der Waals surface area contributed by atoms with Crippen molar-refractivity contribution in [3.05, 3.63) is 68.7 Å². The molecular formula is C16H15FN2O8P+. The number of rotatable bonds is 6. The van der Waals surface area contributed by atoms with Crippen molar-refractivity contribution in [3.63, 3.8) is 0 Å². The molecule has 2 N–H and O–H groups in total. The van der Waals surface area contributed by atoms with Crippen molar-refractivity contribution < 1.29 is 32.6 Å². The van der Waals surface area contributed by atoms with Gasteiger partial charge in [-0.3, -0.25) is 14.3 Å². The van der Waals surface area contributed by atoms with E-state index in [1.807, 2.05) is 0 Å². The number of aromatic nitrogens is 2. The maximum Gasteiger partial charge on any atom is 0.694 e. The summed E-state index contributed by atoms with van der Waals surface area (Å²) in [6.45, 7) is -0.407. The number of H-pyrrole nitrogens is 1. The molecule has 1 aliphatic rings. The van der Waals surface area contributed by atoms with Crippen LogP contribution in [0.4, 0.5) is 4.39 Å². The summed E-state index contributed by atoms with van der Waals surface area (Å²) in [6, 6.07) is 8.08. The van der Waals surface area contributed by atoms with Gasteiger partial charge >= 0.3 is 19.9 Å². The second-order valence-corrected chi connectivity index (χ2v) is 6.59. The number of hydrogen-bond donors (Lipinski definition) is 2. The standard InChI is InChI=1S/C16H14FN2O8P/c17-10-7-19(16(22)18-14(10)20)13-6-11(12(26-13)8-25-28(23)24)27-15(21)9-4-2-1-3-5-9/h1-5,7,11-13H,6,8H2,(H-,18,20,22,23,24)/p+1/t11-,12+,13+/m0/s1. The van der Waals surface area contributed by atoms with Crippen molar-refractivity contribution >= 4 is 14.2 Å². The molecule has 1 saturated heterocycles. The summed E-state index contributed by atoms with van der Waals surface area (Å²) in [6.07, 6.45) is -2.42. The number of nitrogens with one attached hydrogen (secondary N) is 1. The van der Waals surface area contributed by atoms with Gasteiger partial charge in [0.05, 0.1) is 11.8 Å². The van der Waals surface area contributed by atoms with E-state index in [0.29, 0.717) is 6.20 Å². The molecule has 0 amide bonds. The van der Waals surface area contributed by atoms with Crippen LogP contribution < -0.4 is 11.2 Å². The average Bonchev–Trinajstić information content (AvgIpc) is 3.06. The highest BCUT2D eigenvalue weighted by Gasteiger charge is 2.41. The normalized spacial score (nSPS) is 22.1. The van der Waals surface area contributed by atoms with E-state index in [1.165, 1.54) is 12.1 Å². The molecule has 2 heterocycles. The fourth-order valence-corrected chi connectivity index (χ4v) is 3.01. The van der Waals surface area contributed by atoms with Crippen LogP contribution in [0.25, 0.3) is 0 Å². The first-order valence-corrected chi connectivity index (χ1v) is 9.19. The van der Waals surface area contributed by atoms with Crippen LogP contribution in [0.15, 0.2) is 46.1 Å². The molecule has 1 unspecified atom stereocenters. The minimum absolute atomic E-state index is 0.0692. The summed E-state index contributed by atoms with van der Waals surface area (Å²) >= 11 is 0. The Hall–Kier alpha value is -2.72. The first-order chi connectivity index (χ1) is 13.3. The molecular weight excluding hydrogens is 398 g/mol. The largest absolute Gasteiger partial charge is 0.694 e. The molecule has 0 aliphatic carbocycles. The van der Waals surface area contributed by atoms with Crippen molar-refractivity contribution in [1.29, 1.82) is 0 Å². The Balaban J connectivity index is 1.82. The molecule has 0 spiro atoms. The summed E-state index contributed by atoms with van der Waals surface area (Å²) in [5.74, 6) is -1.87. The Kier molecular flexibility index (Phi) is 6.10. The molecule has 1 aromatic heterocycles. The van der Waals surface area contributed by atoms with Gasteiger partial charge in [0.25, 0.3) is 5.56 Å². The molecule has 4 atom stereocenters. The maximum atomic E-state index is 13.6. The van der Waals surface area contributed by atoms with Gasteiger partial charge < -0.3 is 9.47 Å². The van der Waals surface area contributed by atoms with Gasteiger partial charge in [-0.05, 0) is 12.1 Å². The second-order valence-electron chi connectivity index (χ2n) is 5.85. The zero-order valence-electron chi connectivity index (χ0n) is 14.2. The third-order valence-corrected chi connectivity index (χ3v) is 4.40. The minimum atomic E-state index is -2.93. The van der Waals surface area contributed by atoms with E-state index in [0.717, 1.165) is 4.57 Å². The van der Waals surface area contributed by atoms with E-state index in [4.69, 9.17) is 14.4 Å². The number of aromatic amines is 1. The minimum Gasteiger partial charge on any atom is -0.456 e. The van der Waals surface area contributed by atoms with Gasteiger partial charge in [-0.1, -0.05) is 18.2 Å². The molecule has 2 aromatic rings. The van der Waals surface area contributed by atoms with Crippen LogP contribution in [0.5, 0.6) is 0 Å². The summed E-state index contributed by atoms with van der Waals surface area (Å²) in [4.78, 5) is 46.0. The Bertz CT molecular complexity index is 992. The summed E-state index contributed by atoms with van der Waals surface area (Å²) in [5, 5.41) is 0. The van der Waals surface area contributed by atoms with Crippen molar-refractivity contribution in [2.75, 3.05) is 6.61 Å². The van der Waals surface area contributed by atoms with Gasteiger partial charge in [0, 0.05) is 11.0 Å². The van der Waals surface area contributed by atoms with Gasteiger partial charge in [-0.25, -0.2) is 9.59 Å². The zero-order valence-corrected chi connectivity index (χ0v) is 15.1. The lowest BCUT2D eigenvalue weighted by Gasteiger charge is -2.16. The Morgan fingerprint density at radius 2 is 2.07 bits per heavy atom. The maximum absolute atomic E-state index is 13.6. The number of ether oxygens (including phenoxy) is 2. The van der Waals surface area contributed by atoms with E-state index in [1.54, 1.807) is 23.2 Å². The summed E-state index contributed by atoms with van der Waals surface area (Å²) in [5.41, 5.74) is -1.83. The average molecular weight is 413 g/mol. The number of benzene rings is 1. The molecule has 0 bridgehead atoms. The van der Waals surface area contributed by atoms with Gasteiger partial charge in [0.15, 0.2) is 0 Å². The van der Waals surface area contributed by atoms with Crippen molar-refractivity contribution in [2.24, 2.45) is 0 Å².